The summed E-state index contributed by atoms with van der Waals surface area (Å²) in [6, 6.07) is 13.5. The maximum Gasteiger partial charge on any atom is 0.335 e. The molecule has 2 aromatic carbocycles. The first-order valence-corrected chi connectivity index (χ1v) is 9.87. The normalized spacial score (nSPS) is 25.5. The fraction of sp³-hybridized carbons (Fsp3) is 0.286. The van der Waals surface area contributed by atoms with E-state index in [-0.39, 0.29) is 10.2 Å². The van der Waals surface area contributed by atoms with Gasteiger partial charge in [0.25, 0.3) is 0 Å². The number of carboxylic acids is 1. The molecule has 3 rings (SSSR count). The van der Waals surface area contributed by atoms with E-state index >= 15 is 0 Å². The van der Waals surface area contributed by atoms with Crippen LogP contribution < -0.4 is 9.47 Å². The lowest BCUT2D eigenvalue weighted by Gasteiger charge is -2.38. The summed E-state index contributed by atoms with van der Waals surface area (Å²) in [5.74, 6) is -0.593. The quantitative estimate of drug-likeness (QED) is 0.505. The lowest BCUT2D eigenvalue weighted by molar-refractivity contribution is -0.271. The van der Waals surface area contributed by atoms with Crippen molar-refractivity contribution in [2.45, 2.75) is 30.7 Å². The van der Waals surface area contributed by atoms with Crippen LogP contribution in [0.15, 0.2) is 53.0 Å². The van der Waals surface area contributed by atoms with Crippen molar-refractivity contribution in [3.05, 3.63) is 64.1 Å². The molecule has 0 bridgehead atoms. The number of aliphatic carboxylic acids is 1. The van der Waals surface area contributed by atoms with Crippen molar-refractivity contribution in [1.82, 2.24) is 0 Å². The van der Waals surface area contributed by atoms with Gasteiger partial charge in [-0.3, -0.25) is 0 Å². The molecular weight excluding hydrogens is 451 g/mol. The number of hydrogen-bond donors (Lipinski definition) is 4. The van der Waals surface area contributed by atoms with Crippen LogP contribution in [0.1, 0.15) is 11.1 Å². The fourth-order valence-electron chi connectivity index (χ4n) is 3.13. The number of hydrogen-bond acceptors (Lipinski definition) is 7. The van der Waals surface area contributed by atoms with Gasteiger partial charge in [-0.25, -0.2) is 4.79 Å². The van der Waals surface area contributed by atoms with Crippen LogP contribution in [-0.2, 0) is 9.53 Å². The molecule has 1 aliphatic heterocycles. The average Bonchev–Trinajstić information content (AvgIpc) is 2.75. The standard InChI is InChI=1S/C21H20Cl2O8/c1-29-12-6-2-10(3-7-12)14(19(22)23)11-4-8-13(9-5-11)30-21-17(26)15(24)16(25)18(31-21)20(27)28/h2-9,15-18,21,24-26H,1H3,(H,27,28)/t15-,16-,17+,18-,21+/m0/s1. The maximum absolute atomic E-state index is 11.2. The fourth-order valence-corrected chi connectivity index (χ4v) is 3.56. The SMILES string of the molecule is COc1ccc(C(=C(Cl)Cl)c2ccc(O[C@@H]3O[C@H](C(=O)O)[C@@H](O)[C@H](O)[C@H]3O)cc2)cc1. The van der Waals surface area contributed by atoms with Crippen LogP contribution in [-0.4, -0.2) is 64.2 Å². The van der Waals surface area contributed by atoms with Gasteiger partial charge in [0, 0.05) is 5.57 Å². The number of aliphatic hydroxyl groups is 3. The zero-order valence-electron chi connectivity index (χ0n) is 16.2. The average molecular weight is 471 g/mol. The zero-order valence-corrected chi connectivity index (χ0v) is 17.7. The molecule has 1 saturated heterocycles. The molecule has 8 nitrogen and oxygen atoms in total. The number of aliphatic hydroxyl groups excluding tert-OH is 3. The Balaban J connectivity index is 1.80. The molecule has 1 aliphatic rings. The van der Waals surface area contributed by atoms with E-state index in [1.807, 2.05) is 0 Å². The number of ether oxygens (including phenoxy) is 3. The van der Waals surface area contributed by atoms with Crippen molar-refractivity contribution in [2.24, 2.45) is 0 Å². The van der Waals surface area contributed by atoms with Crippen LogP contribution in [0.3, 0.4) is 0 Å². The van der Waals surface area contributed by atoms with Crippen LogP contribution >= 0.6 is 23.2 Å². The minimum Gasteiger partial charge on any atom is -0.497 e. The van der Waals surface area contributed by atoms with Gasteiger partial charge in [0.15, 0.2) is 6.10 Å². The van der Waals surface area contributed by atoms with Gasteiger partial charge in [0.05, 0.1) is 7.11 Å². The molecule has 0 spiro atoms. The highest BCUT2D eigenvalue weighted by Crippen LogP contribution is 2.33. The molecule has 0 amide bonds. The number of methoxy groups -OCH3 is 1. The van der Waals surface area contributed by atoms with Gasteiger partial charge in [0.2, 0.25) is 6.29 Å². The van der Waals surface area contributed by atoms with Crippen molar-refractivity contribution < 1.29 is 39.4 Å². The van der Waals surface area contributed by atoms with E-state index in [1.165, 1.54) is 0 Å². The predicted octanol–water partition coefficient (Wildman–Crippen LogP) is 2.16. The minimum absolute atomic E-state index is 0.0475. The van der Waals surface area contributed by atoms with Gasteiger partial charge >= 0.3 is 5.97 Å². The number of benzene rings is 2. The molecule has 0 saturated carbocycles. The Morgan fingerprint density at radius 1 is 0.871 bits per heavy atom. The molecular formula is C21H20Cl2O8. The third kappa shape index (κ3) is 5.12. The van der Waals surface area contributed by atoms with Crippen molar-refractivity contribution >= 4 is 34.7 Å². The van der Waals surface area contributed by atoms with Gasteiger partial charge < -0.3 is 34.6 Å². The molecule has 2 aromatic rings. The summed E-state index contributed by atoms with van der Waals surface area (Å²) >= 11 is 12.2. The van der Waals surface area contributed by atoms with Crippen molar-refractivity contribution in [3.8, 4) is 11.5 Å². The molecule has 1 fully saturated rings. The van der Waals surface area contributed by atoms with E-state index < -0.39 is 36.7 Å². The highest BCUT2D eigenvalue weighted by Gasteiger charge is 2.48. The molecule has 166 valence electrons. The molecule has 0 unspecified atom stereocenters. The summed E-state index contributed by atoms with van der Waals surface area (Å²) < 4.78 is 15.8. The largest absolute Gasteiger partial charge is 0.497 e. The van der Waals surface area contributed by atoms with Gasteiger partial charge in [-0.15, -0.1) is 0 Å². The summed E-state index contributed by atoms with van der Waals surface area (Å²) in [6.07, 6.45) is -8.45. The Morgan fingerprint density at radius 2 is 1.39 bits per heavy atom. The van der Waals surface area contributed by atoms with Crippen LogP contribution in [0.4, 0.5) is 0 Å². The second kappa shape index (κ2) is 9.86. The van der Waals surface area contributed by atoms with Crippen molar-refractivity contribution in [2.75, 3.05) is 7.11 Å². The van der Waals surface area contributed by atoms with E-state index in [0.717, 1.165) is 5.56 Å². The first kappa shape index (κ1) is 23.3. The molecule has 0 aromatic heterocycles. The smallest absolute Gasteiger partial charge is 0.335 e. The van der Waals surface area contributed by atoms with Gasteiger partial charge in [-0.1, -0.05) is 47.5 Å². The monoisotopic (exact) mass is 470 g/mol. The molecule has 4 N–H and O–H groups in total. The Bertz CT molecular complexity index is 941. The van der Waals surface area contributed by atoms with Crippen molar-refractivity contribution in [3.63, 3.8) is 0 Å². The summed E-state index contributed by atoms with van der Waals surface area (Å²) in [4.78, 5) is 11.2. The number of carboxylic acid groups (broad SMARTS) is 1. The third-order valence-corrected chi connectivity index (χ3v) is 5.15. The van der Waals surface area contributed by atoms with Crippen LogP contribution in [0, 0.1) is 0 Å². The van der Waals surface area contributed by atoms with Gasteiger partial charge in [-0.2, -0.15) is 0 Å². The summed E-state index contributed by atoms with van der Waals surface area (Å²) in [5, 5.41) is 38.8. The summed E-state index contributed by atoms with van der Waals surface area (Å²) in [6.45, 7) is 0. The number of carbonyl (C=O) groups is 1. The van der Waals surface area contributed by atoms with E-state index in [1.54, 1.807) is 55.6 Å². The number of rotatable bonds is 6. The Hall–Kier alpha value is -2.33. The molecule has 0 aliphatic carbocycles. The van der Waals surface area contributed by atoms with Gasteiger partial charge in [-0.05, 0) is 35.4 Å². The van der Waals surface area contributed by atoms with E-state index in [0.29, 0.717) is 16.9 Å². The summed E-state index contributed by atoms with van der Waals surface area (Å²) in [5.41, 5.74) is 1.99. The summed E-state index contributed by atoms with van der Waals surface area (Å²) in [7, 11) is 1.56. The lowest BCUT2D eigenvalue weighted by Crippen LogP contribution is -2.61. The molecule has 5 atom stereocenters. The second-order valence-electron chi connectivity index (χ2n) is 6.74. The second-order valence-corrected chi connectivity index (χ2v) is 7.69. The third-order valence-electron chi connectivity index (χ3n) is 4.78. The Labute approximate surface area is 187 Å². The number of halogens is 2. The van der Waals surface area contributed by atoms with E-state index in [4.69, 9.17) is 42.5 Å². The molecule has 1 heterocycles. The van der Waals surface area contributed by atoms with Crippen LogP contribution in [0.5, 0.6) is 11.5 Å². The lowest BCUT2D eigenvalue weighted by atomic mass is 9.98. The molecule has 31 heavy (non-hydrogen) atoms. The van der Waals surface area contributed by atoms with Crippen LogP contribution in [0.25, 0.3) is 5.57 Å². The van der Waals surface area contributed by atoms with Gasteiger partial charge in [0.1, 0.15) is 34.3 Å². The van der Waals surface area contributed by atoms with E-state index in [9.17, 15) is 20.1 Å². The maximum atomic E-state index is 11.2. The minimum atomic E-state index is -1.79. The highest BCUT2D eigenvalue weighted by atomic mass is 35.5. The predicted molar refractivity (Wildman–Crippen MR) is 112 cm³/mol. The van der Waals surface area contributed by atoms with E-state index in [2.05, 4.69) is 0 Å². The zero-order chi connectivity index (χ0) is 22.7. The first-order chi connectivity index (χ1) is 14.7. The van der Waals surface area contributed by atoms with Crippen LogP contribution in [0.2, 0.25) is 0 Å². The Morgan fingerprint density at radius 3 is 1.84 bits per heavy atom. The topological polar surface area (TPSA) is 126 Å². The Kier molecular flexibility index (Phi) is 7.42. The van der Waals surface area contributed by atoms with Crippen molar-refractivity contribution in [1.29, 1.82) is 0 Å². The highest BCUT2D eigenvalue weighted by molar-refractivity contribution is 6.59. The first-order valence-electron chi connectivity index (χ1n) is 9.12. The molecule has 0 radical (unpaired) electrons. The molecule has 10 heteroatoms.